The number of anilines is 3. The van der Waals surface area contributed by atoms with Gasteiger partial charge in [0.05, 0.1) is 11.3 Å². The van der Waals surface area contributed by atoms with Crippen molar-refractivity contribution in [3.8, 4) is 0 Å². The number of carbonyl (C=O) groups is 1. The Morgan fingerprint density at radius 1 is 1.07 bits per heavy atom. The molecular formula is C20H19FN4O2. The number of aromatic carboxylic acids is 1. The minimum absolute atomic E-state index is 0.166. The average molecular weight is 366 g/mol. The number of aromatic nitrogens is 2. The van der Waals surface area contributed by atoms with Gasteiger partial charge in [0.25, 0.3) is 0 Å². The van der Waals surface area contributed by atoms with Crippen molar-refractivity contribution in [2.24, 2.45) is 0 Å². The Morgan fingerprint density at radius 2 is 1.78 bits per heavy atom. The van der Waals surface area contributed by atoms with Gasteiger partial charge in [-0.15, -0.1) is 0 Å². The third-order valence-corrected chi connectivity index (χ3v) is 3.89. The molecule has 0 unspecified atom stereocenters. The highest BCUT2D eigenvalue weighted by Crippen LogP contribution is 2.21. The summed E-state index contributed by atoms with van der Waals surface area (Å²) in [6, 6.07) is 14.7. The van der Waals surface area contributed by atoms with Crippen molar-refractivity contribution in [1.29, 1.82) is 0 Å². The van der Waals surface area contributed by atoms with Crippen LogP contribution in [0.15, 0.2) is 54.6 Å². The van der Waals surface area contributed by atoms with E-state index in [0.29, 0.717) is 36.1 Å². The molecular weight excluding hydrogens is 347 g/mol. The van der Waals surface area contributed by atoms with Crippen LogP contribution in [0.3, 0.4) is 0 Å². The predicted octanol–water partition coefficient (Wildman–Crippen LogP) is 4.02. The first-order valence-corrected chi connectivity index (χ1v) is 8.44. The van der Waals surface area contributed by atoms with Gasteiger partial charge in [-0.3, -0.25) is 0 Å². The first-order valence-electron chi connectivity index (χ1n) is 8.44. The van der Waals surface area contributed by atoms with E-state index in [0.717, 1.165) is 5.56 Å². The molecule has 138 valence electrons. The van der Waals surface area contributed by atoms with Crippen LogP contribution in [0.1, 0.15) is 21.7 Å². The molecule has 0 aliphatic carbocycles. The summed E-state index contributed by atoms with van der Waals surface area (Å²) in [6.45, 7) is 2.38. The van der Waals surface area contributed by atoms with Gasteiger partial charge < -0.3 is 15.7 Å². The Balaban J connectivity index is 1.69. The summed E-state index contributed by atoms with van der Waals surface area (Å²) in [4.78, 5) is 20.0. The van der Waals surface area contributed by atoms with E-state index in [4.69, 9.17) is 0 Å². The van der Waals surface area contributed by atoms with E-state index in [1.807, 2.05) is 0 Å². The molecule has 0 saturated carbocycles. The van der Waals surface area contributed by atoms with Gasteiger partial charge in [0, 0.05) is 12.6 Å². The maximum absolute atomic E-state index is 12.9. The standard InChI is InChI=1S/C20H19FN4O2/c1-13-23-18(22-11-10-14-6-8-15(21)9-7-14)12-19(24-13)25-17-5-3-2-4-16(17)20(26)27/h2-9,12H,10-11H2,1H3,(H,26,27)(H2,22,23,24,25). The maximum atomic E-state index is 12.9. The molecule has 0 spiro atoms. The molecule has 0 fully saturated rings. The molecule has 3 aromatic rings. The smallest absolute Gasteiger partial charge is 0.337 e. The lowest BCUT2D eigenvalue weighted by atomic mass is 10.1. The van der Waals surface area contributed by atoms with E-state index in [2.05, 4.69) is 20.6 Å². The molecule has 0 saturated heterocycles. The van der Waals surface area contributed by atoms with Crippen molar-refractivity contribution in [3.63, 3.8) is 0 Å². The van der Waals surface area contributed by atoms with Crippen LogP contribution in [0.25, 0.3) is 0 Å². The van der Waals surface area contributed by atoms with Crippen molar-refractivity contribution in [2.45, 2.75) is 13.3 Å². The predicted molar refractivity (Wildman–Crippen MR) is 102 cm³/mol. The van der Waals surface area contributed by atoms with E-state index < -0.39 is 5.97 Å². The highest BCUT2D eigenvalue weighted by atomic mass is 19.1. The highest BCUT2D eigenvalue weighted by molar-refractivity contribution is 5.95. The zero-order chi connectivity index (χ0) is 19.2. The maximum Gasteiger partial charge on any atom is 0.337 e. The molecule has 3 rings (SSSR count). The molecule has 0 aliphatic rings. The van der Waals surface area contributed by atoms with Gasteiger partial charge in [-0.05, 0) is 43.2 Å². The van der Waals surface area contributed by atoms with Crippen molar-refractivity contribution >= 4 is 23.3 Å². The van der Waals surface area contributed by atoms with Crippen LogP contribution < -0.4 is 10.6 Å². The van der Waals surface area contributed by atoms with Crippen molar-refractivity contribution in [1.82, 2.24) is 9.97 Å². The van der Waals surface area contributed by atoms with Crippen LogP contribution >= 0.6 is 0 Å². The number of nitrogens with one attached hydrogen (secondary N) is 2. The van der Waals surface area contributed by atoms with Gasteiger partial charge in [-0.1, -0.05) is 24.3 Å². The van der Waals surface area contributed by atoms with Crippen LogP contribution in [0, 0.1) is 12.7 Å². The number of aryl methyl sites for hydroxylation is 1. The van der Waals surface area contributed by atoms with E-state index in [-0.39, 0.29) is 11.4 Å². The van der Waals surface area contributed by atoms with E-state index in [1.165, 1.54) is 18.2 Å². The van der Waals surface area contributed by atoms with Gasteiger partial charge >= 0.3 is 5.97 Å². The Labute approximate surface area is 156 Å². The van der Waals surface area contributed by atoms with Crippen LogP contribution in [0.5, 0.6) is 0 Å². The van der Waals surface area contributed by atoms with Crippen LogP contribution in [-0.4, -0.2) is 27.6 Å². The van der Waals surface area contributed by atoms with Gasteiger partial charge in [-0.2, -0.15) is 0 Å². The molecule has 27 heavy (non-hydrogen) atoms. The molecule has 2 aromatic carbocycles. The number of halogens is 1. The van der Waals surface area contributed by atoms with Crippen LogP contribution in [0.4, 0.5) is 21.7 Å². The fourth-order valence-electron chi connectivity index (χ4n) is 2.62. The lowest BCUT2D eigenvalue weighted by Gasteiger charge is -2.12. The summed E-state index contributed by atoms with van der Waals surface area (Å²) in [5.41, 5.74) is 1.64. The van der Waals surface area contributed by atoms with Crippen molar-refractivity contribution < 1.29 is 14.3 Å². The van der Waals surface area contributed by atoms with Gasteiger partial charge in [0.15, 0.2) is 0 Å². The molecule has 1 aromatic heterocycles. The van der Waals surface area contributed by atoms with Crippen molar-refractivity contribution in [3.05, 3.63) is 77.4 Å². The summed E-state index contributed by atoms with van der Waals surface area (Å²) in [5, 5.41) is 15.5. The minimum Gasteiger partial charge on any atom is -0.478 e. The molecule has 3 N–H and O–H groups in total. The molecule has 7 heteroatoms. The normalized spacial score (nSPS) is 10.4. The number of para-hydroxylation sites is 1. The zero-order valence-electron chi connectivity index (χ0n) is 14.7. The number of hydrogen-bond donors (Lipinski definition) is 3. The second-order valence-electron chi connectivity index (χ2n) is 5.96. The first-order chi connectivity index (χ1) is 13.0. The lowest BCUT2D eigenvalue weighted by Crippen LogP contribution is -2.09. The van der Waals surface area contributed by atoms with Crippen LogP contribution in [-0.2, 0) is 6.42 Å². The summed E-state index contributed by atoms with van der Waals surface area (Å²) >= 11 is 0. The summed E-state index contributed by atoms with van der Waals surface area (Å²) < 4.78 is 12.9. The molecule has 0 amide bonds. The number of rotatable bonds is 7. The third-order valence-electron chi connectivity index (χ3n) is 3.89. The van der Waals surface area contributed by atoms with Crippen molar-refractivity contribution in [2.75, 3.05) is 17.2 Å². The Hall–Kier alpha value is -3.48. The Bertz CT molecular complexity index is 945. The topological polar surface area (TPSA) is 87.1 Å². The van der Waals surface area contributed by atoms with Crippen LogP contribution in [0.2, 0.25) is 0 Å². The van der Waals surface area contributed by atoms with E-state index in [9.17, 15) is 14.3 Å². The Kier molecular flexibility index (Phi) is 5.61. The minimum atomic E-state index is -1.01. The highest BCUT2D eigenvalue weighted by Gasteiger charge is 2.10. The molecule has 0 atom stereocenters. The van der Waals surface area contributed by atoms with E-state index >= 15 is 0 Å². The molecule has 0 radical (unpaired) electrons. The monoisotopic (exact) mass is 366 g/mol. The molecule has 1 heterocycles. The van der Waals surface area contributed by atoms with Gasteiger partial charge in [0.1, 0.15) is 23.3 Å². The number of hydrogen-bond acceptors (Lipinski definition) is 5. The quantitative estimate of drug-likeness (QED) is 0.585. The number of benzene rings is 2. The fraction of sp³-hybridized carbons (Fsp3) is 0.150. The molecule has 6 nitrogen and oxygen atoms in total. The molecule has 0 aliphatic heterocycles. The number of carboxylic acid groups (broad SMARTS) is 1. The summed E-state index contributed by atoms with van der Waals surface area (Å²) in [7, 11) is 0. The van der Waals surface area contributed by atoms with Gasteiger partial charge in [-0.25, -0.2) is 19.2 Å². The number of nitrogens with zero attached hydrogens (tertiary/aromatic N) is 2. The largest absolute Gasteiger partial charge is 0.478 e. The van der Waals surface area contributed by atoms with Gasteiger partial charge in [0.2, 0.25) is 0 Å². The fourth-order valence-corrected chi connectivity index (χ4v) is 2.62. The zero-order valence-corrected chi connectivity index (χ0v) is 14.7. The Morgan fingerprint density at radius 3 is 2.52 bits per heavy atom. The lowest BCUT2D eigenvalue weighted by molar-refractivity contribution is 0.0698. The number of carboxylic acids is 1. The summed E-state index contributed by atoms with van der Waals surface area (Å²) in [6.07, 6.45) is 0.716. The second-order valence-corrected chi connectivity index (χ2v) is 5.96. The summed E-state index contributed by atoms with van der Waals surface area (Å²) in [5.74, 6) is 0.412. The third kappa shape index (κ3) is 5.01. The first kappa shape index (κ1) is 18.3. The van der Waals surface area contributed by atoms with E-state index in [1.54, 1.807) is 43.3 Å². The second kappa shape index (κ2) is 8.27. The average Bonchev–Trinajstić information content (AvgIpc) is 2.63. The molecule has 0 bridgehead atoms. The SMILES string of the molecule is Cc1nc(NCCc2ccc(F)cc2)cc(Nc2ccccc2C(=O)O)n1.